The number of anilines is 2. The summed E-state index contributed by atoms with van der Waals surface area (Å²) in [5.41, 5.74) is 0. The van der Waals surface area contributed by atoms with Crippen LogP contribution in [-0.2, 0) is 0 Å². The summed E-state index contributed by atoms with van der Waals surface area (Å²) in [4.78, 5) is 8.66. The molecule has 0 aromatic carbocycles. The lowest BCUT2D eigenvalue weighted by Gasteiger charge is -2.26. The zero-order valence-electron chi connectivity index (χ0n) is 10.9. The Balaban J connectivity index is 1.88. The molecule has 18 heavy (non-hydrogen) atoms. The molecule has 0 bridgehead atoms. The molecule has 0 saturated heterocycles. The van der Waals surface area contributed by atoms with Crippen LogP contribution < -0.4 is 10.6 Å². The molecule has 0 aliphatic heterocycles. The molecule has 5 nitrogen and oxygen atoms in total. The Morgan fingerprint density at radius 3 is 2.83 bits per heavy atom. The molecule has 1 aliphatic rings. The van der Waals surface area contributed by atoms with Crippen LogP contribution in [0.5, 0.6) is 0 Å². The minimum absolute atomic E-state index is 0.124. The van der Waals surface area contributed by atoms with Crippen LogP contribution >= 0.6 is 0 Å². The van der Waals surface area contributed by atoms with Gasteiger partial charge in [-0.15, -0.1) is 0 Å². The van der Waals surface area contributed by atoms with Gasteiger partial charge in [0.1, 0.15) is 5.82 Å². The summed E-state index contributed by atoms with van der Waals surface area (Å²) in [5, 5.41) is 16.1. The van der Waals surface area contributed by atoms with Crippen LogP contribution in [0.1, 0.15) is 39.0 Å². The molecule has 5 heteroatoms. The van der Waals surface area contributed by atoms with Crippen LogP contribution in [0.25, 0.3) is 0 Å². The summed E-state index contributed by atoms with van der Waals surface area (Å²) in [6, 6.07) is 2.26. The van der Waals surface area contributed by atoms with Crippen LogP contribution in [-0.4, -0.2) is 33.8 Å². The minimum Gasteiger partial charge on any atom is -0.393 e. The number of aliphatic hydroxyl groups excluding tert-OH is 1. The maximum Gasteiger partial charge on any atom is 0.224 e. The first-order valence-corrected chi connectivity index (χ1v) is 6.79. The fourth-order valence-corrected chi connectivity index (χ4v) is 2.18. The van der Waals surface area contributed by atoms with Crippen molar-refractivity contribution in [1.82, 2.24) is 9.97 Å². The molecule has 1 aromatic rings. The van der Waals surface area contributed by atoms with Gasteiger partial charge in [-0.3, -0.25) is 0 Å². The number of nitrogens with zero attached hydrogens (tertiary/aromatic N) is 2. The van der Waals surface area contributed by atoms with E-state index in [0.717, 1.165) is 44.5 Å². The fraction of sp³-hybridized carbons (Fsp3) is 0.692. The lowest BCUT2D eigenvalue weighted by molar-refractivity contribution is 0.126. The Labute approximate surface area is 108 Å². The highest BCUT2D eigenvalue weighted by molar-refractivity contribution is 5.39. The number of hydrogen-bond acceptors (Lipinski definition) is 5. The van der Waals surface area contributed by atoms with Crippen molar-refractivity contribution in [1.29, 1.82) is 0 Å². The molecule has 0 amide bonds. The number of nitrogens with one attached hydrogen (secondary N) is 2. The van der Waals surface area contributed by atoms with Gasteiger partial charge in [0.15, 0.2) is 0 Å². The zero-order chi connectivity index (χ0) is 12.8. The van der Waals surface area contributed by atoms with Crippen molar-refractivity contribution >= 4 is 11.8 Å². The third-order valence-electron chi connectivity index (χ3n) is 3.24. The number of rotatable bonds is 5. The Morgan fingerprint density at radius 2 is 2.11 bits per heavy atom. The molecular formula is C13H22N4O. The van der Waals surface area contributed by atoms with Gasteiger partial charge in [-0.05, 0) is 38.2 Å². The second kappa shape index (κ2) is 6.54. The van der Waals surface area contributed by atoms with Gasteiger partial charge < -0.3 is 15.7 Å². The number of hydrogen-bond donors (Lipinski definition) is 3. The van der Waals surface area contributed by atoms with Crippen molar-refractivity contribution in [2.24, 2.45) is 0 Å². The topological polar surface area (TPSA) is 70.1 Å². The fourth-order valence-electron chi connectivity index (χ4n) is 2.18. The first-order chi connectivity index (χ1) is 8.78. The first kappa shape index (κ1) is 13.1. The van der Waals surface area contributed by atoms with Crippen molar-refractivity contribution in [3.05, 3.63) is 12.3 Å². The zero-order valence-corrected chi connectivity index (χ0v) is 10.9. The monoisotopic (exact) mass is 250 g/mol. The van der Waals surface area contributed by atoms with E-state index in [2.05, 4.69) is 27.5 Å². The van der Waals surface area contributed by atoms with Gasteiger partial charge in [0, 0.05) is 18.8 Å². The lowest BCUT2D eigenvalue weighted by Crippen LogP contribution is -2.29. The van der Waals surface area contributed by atoms with Crippen molar-refractivity contribution < 1.29 is 5.11 Å². The van der Waals surface area contributed by atoms with Crippen LogP contribution in [0.3, 0.4) is 0 Å². The van der Waals surface area contributed by atoms with Crippen molar-refractivity contribution in [3.63, 3.8) is 0 Å². The molecule has 1 saturated carbocycles. The van der Waals surface area contributed by atoms with E-state index in [1.807, 2.05) is 6.07 Å². The average Bonchev–Trinajstić information content (AvgIpc) is 2.40. The van der Waals surface area contributed by atoms with Gasteiger partial charge in [0.05, 0.1) is 6.10 Å². The Kier molecular flexibility index (Phi) is 4.75. The van der Waals surface area contributed by atoms with Crippen LogP contribution in [0, 0.1) is 0 Å². The smallest absolute Gasteiger partial charge is 0.224 e. The van der Waals surface area contributed by atoms with Gasteiger partial charge in [-0.25, -0.2) is 4.98 Å². The molecule has 3 N–H and O–H groups in total. The normalized spacial score (nSPS) is 23.7. The van der Waals surface area contributed by atoms with E-state index in [-0.39, 0.29) is 6.10 Å². The number of aromatic nitrogens is 2. The molecule has 0 unspecified atom stereocenters. The molecule has 1 fully saturated rings. The molecule has 100 valence electrons. The van der Waals surface area contributed by atoms with Gasteiger partial charge >= 0.3 is 0 Å². The van der Waals surface area contributed by atoms with E-state index < -0.39 is 0 Å². The maximum absolute atomic E-state index is 9.47. The Hall–Kier alpha value is -1.36. The van der Waals surface area contributed by atoms with E-state index in [0.29, 0.717) is 12.0 Å². The molecule has 0 radical (unpaired) electrons. The Bertz CT molecular complexity index is 364. The molecule has 2 rings (SSSR count). The highest BCUT2D eigenvalue weighted by Crippen LogP contribution is 2.21. The molecule has 0 spiro atoms. The van der Waals surface area contributed by atoms with Crippen molar-refractivity contribution in [2.75, 3.05) is 17.2 Å². The summed E-state index contributed by atoms with van der Waals surface area (Å²) in [6.45, 7) is 3.05. The SMILES string of the molecule is CCCNc1ccnc(NC2CCC(O)CC2)n1. The van der Waals surface area contributed by atoms with Gasteiger partial charge in [0.25, 0.3) is 0 Å². The average molecular weight is 250 g/mol. The summed E-state index contributed by atoms with van der Waals surface area (Å²) >= 11 is 0. The second-order valence-electron chi connectivity index (χ2n) is 4.84. The number of aliphatic hydroxyl groups is 1. The highest BCUT2D eigenvalue weighted by atomic mass is 16.3. The minimum atomic E-state index is -0.124. The molecule has 0 atom stereocenters. The maximum atomic E-state index is 9.47. The molecule has 1 aromatic heterocycles. The first-order valence-electron chi connectivity index (χ1n) is 6.79. The Morgan fingerprint density at radius 1 is 1.33 bits per heavy atom. The highest BCUT2D eigenvalue weighted by Gasteiger charge is 2.19. The van der Waals surface area contributed by atoms with Gasteiger partial charge in [-0.2, -0.15) is 4.98 Å². The summed E-state index contributed by atoms with van der Waals surface area (Å²) in [6.07, 6.45) is 6.42. The van der Waals surface area contributed by atoms with Crippen molar-refractivity contribution in [2.45, 2.75) is 51.2 Å². The van der Waals surface area contributed by atoms with E-state index in [1.54, 1.807) is 6.20 Å². The largest absolute Gasteiger partial charge is 0.393 e. The summed E-state index contributed by atoms with van der Waals surface area (Å²) in [5.74, 6) is 1.54. The third-order valence-corrected chi connectivity index (χ3v) is 3.24. The third kappa shape index (κ3) is 3.84. The summed E-state index contributed by atoms with van der Waals surface area (Å²) < 4.78 is 0. The predicted octanol–water partition coefficient (Wildman–Crippen LogP) is 2.01. The van der Waals surface area contributed by atoms with Crippen LogP contribution in [0.4, 0.5) is 11.8 Å². The van der Waals surface area contributed by atoms with Crippen LogP contribution in [0.15, 0.2) is 12.3 Å². The predicted molar refractivity (Wildman–Crippen MR) is 72.7 cm³/mol. The standard InChI is InChI=1S/C13H22N4O/c1-2-8-14-12-7-9-15-13(17-12)16-10-3-5-11(18)6-4-10/h7,9-11,18H,2-6,8H2,1H3,(H2,14,15,16,17). The van der Waals surface area contributed by atoms with Gasteiger partial charge in [0.2, 0.25) is 5.95 Å². The van der Waals surface area contributed by atoms with Crippen LogP contribution in [0.2, 0.25) is 0 Å². The molecular weight excluding hydrogens is 228 g/mol. The second-order valence-corrected chi connectivity index (χ2v) is 4.84. The van der Waals surface area contributed by atoms with E-state index in [4.69, 9.17) is 0 Å². The molecule has 1 aliphatic carbocycles. The van der Waals surface area contributed by atoms with E-state index in [9.17, 15) is 5.11 Å². The lowest BCUT2D eigenvalue weighted by atomic mass is 9.93. The molecule has 1 heterocycles. The van der Waals surface area contributed by atoms with E-state index in [1.165, 1.54) is 0 Å². The van der Waals surface area contributed by atoms with Gasteiger partial charge in [-0.1, -0.05) is 6.92 Å². The quantitative estimate of drug-likeness (QED) is 0.746. The van der Waals surface area contributed by atoms with E-state index >= 15 is 0 Å². The van der Waals surface area contributed by atoms with Crippen molar-refractivity contribution in [3.8, 4) is 0 Å². The summed E-state index contributed by atoms with van der Waals surface area (Å²) in [7, 11) is 0.